The van der Waals surface area contributed by atoms with E-state index < -0.39 is 10.0 Å². The van der Waals surface area contributed by atoms with E-state index in [2.05, 4.69) is 24.1 Å². The van der Waals surface area contributed by atoms with Gasteiger partial charge in [-0.3, -0.25) is 4.98 Å². The Morgan fingerprint density at radius 2 is 2.05 bits per heavy atom. The van der Waals surface area contributed by atoms with Crippen molar-refractivity contribution < 1.29 is 8.42 Å². The maximum Gasteiger partial charge on any atom is 0.246 e. The van der Waals surface area contributed by atoms with Gasteiger partial charge in [-0.05, 0) is 37.7 Å². The molecule has 1 N–H and O–H groups in total. The molecule has 0 amide bonds. The van der Waals surface area contributed by atoms with Crippen molar-refractivity contribution in [3.63, 3.8) is 0 Å². The largest absolute Gasteiger partial charge is 0.384 e. The Balaban J connectivity index is 2.20. The summed E-state index contributed by atoms with van der Waals surface area (Å²) in [4.78, 5) is 4.27. The standard InChI is InChI=1S/C15H25N3O2S/c1-4-17-14-5-8-16-11-15(14)21(19,20)18-9-6-13(7-10-18)12(2)3/h5,8,11-13H,4,6-7,9-10H2,1-3H3,(H,16,17). The van der Waals surface area contributed by atoms with Gasteiger partial charge in [0.25, 0.3) is 0 Å². The van der Waals surface area contributed by atoms with Crippen LogP contribution in [0.25, 0.3) is 0 Å². The molecular formula is C15H25N3O2S. The lowest BCUT2D eigenvalue weighted by Crippen LogP contribution is -2.39. The lowest BCUT2D eigenvalue weighted by Gasteiger charge is -2.33. The molecule has 0 aliphatic carbocycles. The van der Waals surface area contributed by atoms with Crippen LogP contribution < -0.4 is 5.32 Å². The van der Waals surface area contributed by atoms with Crippen molar-refractivity contribution in [1.82, 2.24) is 9.29 Å². The number of sulfonamides is 1. The highest BCUT2D eigenvalue weighted by Gasteiger charge is 2.31. The number of hydrogen-bond donors (Lipinski definition) is 1. The minimum atomic E-state index is -3.46. The van der Waals surface area contributed by atoms with E-state index in [1.807, 2.05) is 6.92 Å². The molecule has 0 unspecified atom stereocenters. The second-order valence-corrected chi connectivity index (χ2v) is 7.79. The van der Waals surface area contributed by atoms with Crippen molar-refractivity contribution in [2.45, 2.75) is 38.5 Å². The van der Waals surface area contributed by atoms with E-state index in [0.717, 1.165) is 12.8 Å². The predicted molar refractivity (Wildman–Crippen MR) is 84.7 cm³/mol. The highest BCUT2D eigenvalue weighted by molar-refractivity contribution is 7.89. The van der Waals surface area contributed by atoms with Crippen LogP contribution in [0.5, 0.6) is 0 Å². The van der Waals surface area contributed by atoms with Gasteiger partial charge in [0, 0.05) is 32.0 Å². The molecule has 1 aromatic heterocycles. The van der Waals surface area contributed by atoms with E-state index in [9.17, 15) is 8.42 Å². The monoisotopic (exact) mass is 311 g/mol. The van der Waals surface area contributed by atoms with E-state index in [0.29, 0.717) is 37.2 Å². The molecule has 0 radical (unpaired) electrons. The van der Waals surface area contributed by atoms with Gasteiger partial charge < -0.3 is 5.32 Å². The Kier molecular flexibility index (Phi) is 5.22. The third-order valence-corrected chi connectivity index (χ3v) is 6.14. The van der Waals surface area contributed by atoms with Crippen LogP contribution in [0.4, 0.5) is 5.69 Å². The molecule has 2 heterocycles. The zero-order chi connectivity index (χ0) is 15.5. The van der Waals surface area contributed by atoms with Crippen molar-refractivity contribution in [1.29, 1.82) is 0 Å². The molecule has 0 aromatic carbocycles. The summed E-state index contributed by atoms with van der Waals surface area (Å²) in [6, 6.07) is 1.72. The van der Waals surface area contributed by atoms with Crippen LogP contribution >= 0.6 is 0 Å². The minimum absolute atomic E-state index is 0.287. The molecule has 6 heteroatoms. The van der Waals surface area contributed by atoms with Gasteiger partial charge in [-0.15, -0.1) is 0 Å². The molecule has 2 rings (SSSR count). The first-order valence-electron chi connectivity index (χ1n) is 7.64. The highest BCUT2D eigenvalue weighted by Crippen LogP contribution is 2.30. The Morgan fingerprint density at radius 1 is 1.38 bits per heavy atom. The number of rotatable bonds is 5. The van der Waals surface area contributed by atoms with Gasteiger partial charge in [0.15, 0.2) is 0 Å². The molecular weight excluding hydrogens is 286 g/mol. The lowest BCUT2D eigenvalue weighted by molar-refractivity contribution is 0.226. The molecule has 1 saturated heterocycles. The molecule has 0 bridgehead atoms. The molecule has 0 spiro atoms. The summed E-state index contributed by atoms with van der Waals surface area (Å²) < 4.78 is 27.2. The van der Waals surface area contributed by atoms with Crippen molar-refractivity contribution in [2.75, 3.05) is 25.0 Å². The first-order chi connectivity index (χ1) is 9.96. The third-order valence-electron chi connectivity index (χ3n) is 4.21. The first kappa shape index (κ1) is 16.2. The van der Waals surface area contributed by atoms with Crippen LogP contribution in [0.2, 0.25) is 0 Å². The SMILES string of the molecule is CCNc1ccncc1S(=O)(=O)N1CCC(C(C)C)CC1. The smallest absolute Gasteiger partial charge is 0.246 e. The molecule has 1 aromatic rings. The van der Waals surface area contributed by atoms with Gasteiger partial charge in [0.05, 0.1) is 5.69 Å². The quantitative estimate of drug-likeness (QED) is 0.908. The third kappa shape index (κ3) is 3.55. The molecule has 0 saturated carbocycles. The topological polar surface area (TPSA) is 62.3 Å². The highest BCUT2D eigenvalue weighted by atomic mass is 32.2. The summed E-state index contributed by atoms with van der Waals surface area (Å²) in [5, 5.41) is 3.10. The van der Waals surface area contributed by atoms with E-state index in [1.54, 1.807) is 16.6 Å². The minimum Gasteiger partial charge on any atom is -0.384 e. The van der Waals surface area contributed by atoms with Crippen LogP contribution in [0.1, 0.15) is 33.6 Å². The van der Waals surface area contributed by atoms with E-state index in [-0.39, 0.29) is 4.90 Å². The van der Waals surface area contributed by atoms with Gasteiger partial charge in [0.1, 0.15) is 4.90 Å². The fourth-order valence-electron chi connectivity index (χ4n) is 2.84. The van der Waals surface area contributed by atoms with Crippen molar-refractivity contribution in [3.05, 3.63) is 18.5 Å². The van der Waals surface area contributed by atoms with Crippen LogP contribution in [-0.2, 0) is 10.0 Å². The normalized spacial score (nSPS) is 18.1. The molecule has 1 aliphatic rings. The van der Waals surface area contributed by atoms with Crippen LogP contribution in [0.3, 0.4) is 0 Å². The zero-order valence-corrected chi connectivity index (χ0v) is 13.9. The molecule has 118 valence electrons. The van der Waals surface area contributed by atoms with Crippen molar-refractivity contribution in [3.8, 4) is 0 Å². The Bertz CT molecular complexity index is 564. The maximum absolute atomic E-state index is 12.8. The van der Waals surface area contributed by atoms with Gasteiger partial charge in [-0.2, -0.15) is 4.31 Å². The number of anilines is 1. The van der Waals surface area contributed by atoms with Crippen LogP contribution in [0.15, 0.2) is 23.4 Å². The predicted octanol–water partition coefficient (Wildman–Crippen LogP) is 2.57. The number of aromatic nitrogens is 1. The summed E-state index contributed by atoms with van der Waals surface area (Å²) in [5.41, 5.74) is 0.637. The van der Waals surface area contributed by atoms with Crippen molar-refractivity contribution >= 4 is 15.7 Å². The number of hydrogen-bond acceptors (Lipinski definition) is 4. The maximum atomic E-state index is 12.8. The molecule has 1 fully saturated rings. The number of piperidine rings is 1. The fourth-order valence-corrected chi connectivity index (χ4v) is 4.43. The summed E-state index contributed by atoms with van der Waals surface area (Å²) in [7, 11) is -3.46. The van der Waals surface area contributed by atoms with Gasteiger partial charge in [-0.25, -0.2) is 8.42 Å². The Morgan fingerprint density at radius 3 is 2.62 bits per heavy atom. The second-order valence-electron chi connectivity index (χ2n) is 5.89. The van der Waals surface area contributed by atoms with Crippen LogP contribution in [-0.4, -0.2) is 37.3 Å². The number of nitrogens with one attached hydrogen (secondary N) is 1. The number of nitrogens with zero attached hydrogens (tertiary/aromatic N) is 2. The molecule has 1 aliphatic heterocycles. The van der Waals surface area contributed by atoms with Gasteiger partial charge >= 0.3 is 0 Å². The molecule has 21 heavy (non-hydrogen) atoms. The first-order valence-corrected chi connectivity index (χ1v) is 9.08. The van der Waals surface area contributed by atoms with E-state index >= 15 is 0 Å². The molecule has 0 atom stereocenters. The summed E-state index contributed by atoms with van der Waals surface area (Å²) in [6.45, 7) is 8.25. The summed E-state index contributed by atoms with van der Waals surface area (Å²) in [6.07, 6.45) is 4.94. The summed E-state index contributed by atoms with van der Waals surface area (Å²) >= 11 is 0. The average molecular weight is 311 g/mol. The fraction of sp³-hybridized carbons (Fsp3) is 0.667. The van der Waals surface area contributed by atoms with Gasteiger partial charge in [-0.1, -0.05) is 13.8 Å². The second kappa shape index (κ2) is 6.75. The average Bonchev–Trinajstić information content (AvgIpc) is 2.48. The Hall–Kier alpha value is -1.14. The van der Waals surface area contributed by atoms with E-state index in [1.165, 1.54) is 6.20 Å². The molecule has 5 nitrogen and oxygen atoms in total. The zero-order valence-electron chi connectivity index (χ0n) is 13.0. The van der Waals surface area contributed by atoms with Crippen LogP contribution in [0, 0.1) is 11.8 Å². The number of pyridine rings is 1. The summed E-state index contributed by atoms with van der Waals surface area (Å²) in [5.74, 6) is 1.24. The Labute approximate surface area is 127 Å². The van der Waals surface area contributed by atoms with E-state index in [4.69, 9.17) is 0 Å². The van der Waals surface area contributed by atoms with Crippen molar-refractivity contribution in [2.24, 2.45) is 11.8 Å². The lowest BCUT2D eigenvalue weighted by atomic mass is 9.87. The van der Waals surface area contributed by atoms with Gasteiger partial charge in [0.2, 0.25) is 10.0 Å².